The van der Waals surface area contributed by atoms with Crippen LogP contribution in [0.4, 0.5) is 0 Å². The van der Waals surface area contributed by atoms with Crippen LogP contribution in [0.3, 0.4) is 0 Å². The Bertz CT molecular complexity index is 638. The molecule has 0 spiro atoms. The molecule has 0 radical (unpaired) electrons. The minimum Gasteiger partial charge on any atom is -0.368 e. The van der Waals surface area contributed by atoms with Crippen molar-refractivity contribution in [3.05, 3.63) is 45.8 Å². The van der Waals surface area contributed by atoms with Crippen LogP contribution in [0.2, 0.25) is 5.15 Å². The van der Waals surface area contributed by atoms with Crippen LogP contribution in [-0.4, -0.2) is 41.6 Å². The number of morpholine rings is 1. The summed E-state index contributed by atoms with van der Waals surface area (Å²) in [6.45, 7) is 2.37. The quantitative estimate of drug-likeness (QED) is 0.760. The number of aromatic nitrogens is 2. The third-order valence-electron chi connectivity index (χ3n) is 3.43. The van der Waals surface area contributed by atoms with Crippen molar-refractivity contribution in [2.24, 2.45) is 0 Å². The lowest BCUT2D eigenvalue weighted by molar-refractivity contribution is -0.0254. The highest BCUT2D eigenvalue weighted by atomic mass is 79.9. The third-order valence-corrected chi connectivity index (χ3v) is 4.69. The van der Waals surface area contributed by atoms with Gasteiger partial charge in [0, 0.05) is 18.7 Å². The molecule has 1 fully saturated rings. The maximum Gasteiger partial charge on any atom is 0.160 e. The summed E-state index contributed by atoms with van der Waals surface area (Å²) >= 11 is 9.74. The molecule has 2 aromatic rings. The summed E-state index contributed by atoms with van der Waals surface area (Å²) in [5.41, 5.74) is 1.79. The van der Waals surface area contributed by atoms with Crippen LogP contribution in [0.15, 0.2) is 34.8 Å². The number of hydrogen-bond acceptors (Lipinski definition) is 4. The van der Waals surface area contributed by atoms with Gasteiger partial charge in [0.25, 0.3) is 0 Å². The zero-order valence-electron chi connectivity index (χ0n) is 11.6. The van der Waals surface area contributed by atoms with Crippen molar-refractivity contribution < 1.29 is 4.74 Å². The predicted molar refractivity (Wildman–Crippen MR) is 86.4 cm³/mol. The number of ether oxygens (including phenoxy) is 1. The first-order valence-corrected chi connectivity index (χ1v) is 7.91. The van der Waals surface area contributed by atoms with Gasteiger partial charge >= 0.3 is 0 Å². The van der Waals surface area contributed by atoms with Crippen LogP contribution in [0.5, 0.6) is 0 Å². The number of likely N-dealkylation sites (N-methyl/N-ethyl adjacent to an activating group) is 1. The van der Waals surface area contributed by atoms with Gasteiger partial charge in [-0.2, -0.15) is 0 Å². The van der Waals surface area contributed by atoms with E-state index < -0.39 is 0 Å². The number of rotatable bonds is 2. The van der Waals surface area contributed by atoms with Crippen molar-refractivity contribution in [1.82, 2.24) is 14.9 Å². The Morgan fingerprint density at radius 1 is 1.29 bits per heavy atom. The van der Waals surface area contributed by atoms with Crippen molar-refractivity contribution in [3.63, 3.8) is 0 Å². The van der Waals surface area contributed by atoms with Crippen molar-refractivity contribution in [3.8, 4) is 11.3 Å². The van der Waals surface area contributed by atoms with Crippen molar-refractivity contribution in [1.29, 1.82) is 0 Å². The summed E-state index contributed by atoms with van der Waals surface area (Å²) in [6, 6.07) is 9.92. The van der Waals surface area contributed by atoms with Gasteiger partial charge in [-0.3, -0.25) is 0 Å². The predicted octanol–water partition coefficient (Wildman–Crippen LogP) is 3.56. The molecule has 2 heterocycles. The Balaban J connectivity index is 2.01. The normalized spacial score (nSPS) is 19.7. The fourth-order valence-electron chi connectivity index (χ4n) is 2.30. The average Bonchev–Trinajstić information content (AvgIpc) is 2.51. The van der Waals surface area contributed by atoms with Crippen molar-refractivity contribution >= 4 is 27.5 Å². The van der Waals surface area contributed by atoms with Crippen LogP contribution in [-0.2, 0) is 4.74 Å². The second-order valence-electron chi connectivity index (χ2n) is 5.02. The van der Waals surface area contributed by atoms with Crippen LogP contribution >= 0.6 is 27.5 Å². The lowest BCUT2D eigenvalue weighted by atomic mass is 10.1. The second kappa shape index (κ2) is 6.40. The minimum atomic E-state index is -0.142. The van der Waals surface area contributed by atoms with E-state index in [0.29, 0.717) is 22.1 Å². The van der Waals surface area contributed by atoms with Crippen molar-refractivity contribution in [2.75, 3.05) is 26.7 Å². The molecule has 0 amide bonds. The standard InChI is InChI=1S/C15H15BrClN3O/c1-20-7-8-21-11(9-20)15-18-13(12(16)14(17)19-15)10-5-3-2-4-6-10/h2-6,11H,7-9H2,1H3. The van der Waals surface area contributed by atoms with Crippen LogP contribution in [0.1, 0.15) is 11.9 Å². The monoisotopic (exact) mass is 367 g/mol. The number of benzene rings is 1. The lowest BCUT2D eigenvalue weighted by Crippen LogP contribution is -2.36. The molecular weight excluding hydrogens is 354 g/mol. The minimum absolute atomic E-state index is 0.142. The molecule has 1 aliphatic heterocycles. The molecule has 21 heavy (non-hydrogen) atoms. The Morgan fingerprint density at radius 3 is 2.76 bits per heavy atom. The van der Waals surface area contributed by atoms with Gasteiger partial charge in [0.05, 0.1) is 16.8 Å². The van der Waals surface area contributed by atoms with E-state index in [1.165, 1.54) is 0 Å². The van der Waals surface area contributed by atoms with Gasteiger partial charge in [-0.25, -0.2) is 9.97 Å². The molecule has 1 atom stereocenters. The molecule has 0 N–H and O–H groups in total. The highest BCUT2D eigenvalue weighted by molar-refractivity contribution is 9.10. The molecule has 1 unspecified atom stereocenters. The van der Waals surface area contributed by atoms with Crippen molar-refractivity contribution in [2.45, 2.75) is 6.10 Å². The summed E-state index contributed by atoms with van der Waals surface area (Å²) in [7, 11) is 2.06. The lowest BCUT2D eigenvalue weighted by Gasteiger charge is -2.29. The molecule has 0 saturated carbocycles. The average molecular weight is 369 g/mol. The Labute approximate surface area is 137 Å². The molecule has 4 nitrogen and oxygen atoms in total. The Kier molecular flexibility index (Phi) is 4.54. The van der Waals surface area contributed by atoms with Gasteiger partial charge in [0.2, 0.25) is 0 Å². The fourth-order valence-corrected chi connectivity index (χ4v) is 2.88. The van der Waals surface area contributed by atoms with Gasteiger partial charge in [-0.05, 0) is 23.0 Å². The summed E-state index contributed by atoms with van der Waals surface area (Å²) in [5.74, 6) is 0.633. The van der Waals surface area contributed by atoms with Gasteiger partial charge in [0.15, 0.2) is 5.82 Å². The Hall–Kier alpha value is -1.01. The molecular formula is C15H15BrClN3O. The number of nitrogens with zero attached hydrogens (tertiary/aromatic N) is 3. The first-order chi connectivity index (χ1) is 10.1. The summed E-state index contributed by atoms with van der Waals surface area (Å²) in [4.78, 5) is 11.2. The molecule has 1 saturated heterocycles. The van der Waals surface area contributed by atoms with E-state index in [9.17, 15) is 0 Å². The zero-order valence-corrected chi connectivity index (χ0v) is 13.9. The van der Waals surface area contributed by atoms with E-state index in [2.05, 4.69) is 37.8 Å². The SMILES string of the molecule is CN1CCOC(c2nc(Cl)c(Br)c(-c3ccccc3)n2)C1. The number of halogens is 2. The summed E-state index contributed by atoms with van der Waals surface area (Å²) in [6.07, 6.45) is -0.142. The molecule has 1 aromatic heterocycles. The molecule has 6 heteroatoms. The smallest absolute Gasteiger partial charge is 0.160 e. The van der Waals surface area contributed by atoms with E-state index in [-0.39, 0.29) is 6.10 Å². The summed E-state index contributed by atoms with van der Waals surface area (Å²) in [5, 5.41) is 0.413. The van der Waals surface area contributed by atoms with E-state index in [4.69, 9.17) is 16.3 Å². The highest BCUT2D eigenvalue weighted by Crippen LogP contribution is 2.33. The van der Waals surface area contributed by atoms with Crippen LogP contribution in [0, 0.1) is 0 Å². The largest absolute Gasteiger partial charge is 0.368 e. The molecule has 1 aromatic carbocycles. The van der Waals surface area contributed by atoms with E-state index in [1.54, 1.807) is 0 Å². The van der Waals surface area contributed by atoms with Gasteiger partial charge in [-0.15, -0.1) is 0 Å². The molecule has 0 aliphatic carbocycles. The maximum atomic E-state index is 6.26. The fraction of sp³-hybridized carbons (Fsp3) is 0.333. The Morgan fingerprint density at radius 2 is 2.05 bits per heavy atom. The molecule has 3 rings (SSSR count). The topological polar surface area (TPSA) is 38.2 Å². The van der Waals surface area contributed by atoms with Gasteiger partial charge in [-0.1, -0.05) is 41.9 Å². The van der Waals surface area contributed by atoms with Crippen LogP contribution in [0.25, 0.3) is 11.3 Å². The highest BCUT2D eigenvalue weighted by Gasteiger charge is 2.24. The van der Waals surface area contributed by atoms with E-state index >= 15 is 0 Å². The van der Waals surface area contributed by atoms with E-state index in [1.807, 2.05) is 30.3 Å². The first kappa shape index (κ1) is 14.9. The second-order valence-corrected chi connectivity index (χ2v) is 6.17. The molecule has 1 aliphatic rings. The third kappa shape index (κ3) is 3.26. The maximum absolute atomic E-state index is 6.26. The van der Waals surface area contributed by atoms with E-state index in [0.717, 1.165) is 24.3 Å². The summed E-state index contributed by atoms with van der Waals surface area (Å²) < 4.78 is 6.49. The van der Waals surface area contributed by atoms with Gasteiger partial charge < -0.3 is 9.64 Å². The first-order valence-electron chi connectivity index (χ1n) is 6.73. The van der Waals surface area contributed by atoms with Gasteiger partial charge in [0.1, 0.15) is 11.3 Å². The molecule has 110 valence electrons. The van der Waals surface area contributed by atoms with Crippen LogP contribution < -0.4 is 0 Å². The number of hydrogen-bond donors (Lipinski definition) is 0. The zero-order chi connectivity index (χ0) is 14.8. The molecule has 0 bridgehead atoms.